The Morgan fingerprint density at radius 1 is 1.33 bits per heavy atom. The molecule has 0 aromatic carbocycles. The van der Waals surface area contributed by atoms with Crippen molar-refractivity contribution in [2.75, 3.05) is 26.7 Å². The molecule has 104 valence electrons. The summed E-state index contributed by atoms with van der Waals surface area (Å²) in [7, 11) is 2.04. The Kier molecular flexibility index (Phi) is 4.95. The van der Waals surface area contributed by atoms with Gasteiger partial charge in [0.1, 0.15) is 0 Å². The summed E-state index contributed by atoms with van der Waals surface area (Å²) >= 11 is 0. The summed E-state index contributed by atoms with van der Waals surface area (Å²) in [4.78, 5) is 26.8. The van der Waals surface area contributed by atoms with E-state index < -0.39 is 11.9 Å². The predicted molar refractivity (Wildman–Crippen MR) is 68.5 cm³/mol. The van der Waals surface area contributed by atoms with E-state index >= 15 is 0 Å². The normalized spacial score (nSPS) is 24.4. The molecule has 18 heavy (non-hydrogen) atoms. The van der Waals surface area contributed by atoms with Gasteiger partial charge in [-0.25, -0.2) is 4.79 Å². The molecule has 0 spiro atoms. The number of carboxylic acids is 1. The zero-order valence-corrected chi connectivity index (χ0v) is 11.5. The molecule has 3 unspecified atom stereocenters. The van der Waals surface area contributed by atoms with Crippen LogP contribution in [0.3, 0.4) is 0 Å². The molecule has 0 aromatic heterocycles. The van der Waals surface area contributed by atoms with Crippen LogP contribution in [0.25, 0.3) is 0 Å². The van der Waals surface area contributed by atoms with E-state index in [9.17, 15) is 9.59 Å². The van der Waals surface area contributed by atoms with Gasteiger partial charge < -0.3 is 20.2 Å². The Morgan fingerprint density at radius 2 is 1.94 bits per heavy atom. The van der Waals surface area contributed by atoms with Gasteiger partial charge >= 0.3 is 12.0 Å². The zero-order valence-electron chi connectivity index (χ0n) is 11.5. The Bertz CT molecular complexity index is 322. The highest BCUT2D eigenvalue weighted by Crippen LogP contribution is 2.08. The third-order valence-corrected chi connectivity index (χ3v) is 3.74. The minimum Gasteiger partial charge on any atom is -0.481 e. The predicted octanol–water partition coefficient (Wildman–Crippen LogP) is 0.441. The summed E-state index contributed by atoms with van der Waals surface area (Å²) in [6.45, 7) is 7.59. The van der Waals surface area contributed by atoms with Crippen molar-refractivity contribution in [2.24, 2.45) is 5.92 Å². The monoisotopic (exact) mass is 257 g/mol. The van der Waals surface area contributed by atoms with Crippen LogP contribution in [-0.2, 0) is 4.79 Å². The number of carbonyl (C=O) groups excluding carboxylic acids is 1. The smallest absolute Gasteiger partial charge is 0.317 e. The highest BCUT2D eigenvalue weighted by atomic mass is 16.4. The molecule has 6 nitrogen and oxygen atoms in total. The van der Waals surface area contributed by atoms with E-state index in [0.717, 1.165) is 6.54 Å². The molecular weight excluding hydrogens is 234 g/mol. The summed E-state index contributed by atoms with van der Waals surface area (Å²) in [5.41, 5.74) is 0. The van der Waals surface area contributed by atoms with E-state index in [1.807, 2.05) is 7.05 Å². The first-order valence-electron chi connectivity index (χ1n) is 6.31. The van der Waals surface area contributed by atoms with Crippen molar-refractivity contribution in [3.8, 4) is 0 Å². The standard InChI is InChI=1S/C12H23N3O3/c1-8-7-15(6-5-14(8)4)12(18)13-10(3)9(2)11(16)17/h8-10H,5-7H2,1-4H3,(H,13,18)(H,16,17). The van der Waals surface area contributed by atoms with Gasteiger partial charge in [0.05, 0.1) is 5.92 Å². The van der Waals surface area contributed by atoms with Gasteiger partial charge in [0.15, 0.2) is 0 Å². The Labute approximate surface area is 108 Å². The van der Waals surface area contributed by atoms with Gasteiger partial charge in [0.2, 0.25) is 0 Å². The quantitative estimate of drug-likeness (QED) is 0.769. The van der Waals surface area contributed by atoms with Crippen LogP contribution in [0.5, 0.6) is 0 Å². The number of urea groups is 1. The summed E-state index contributed by atoms with van der Waals surface area (Å²) in [5.74, 6) is -1.48. The van der Waals surface area contributed by atoms with Gasteiger partial charge in [0.25, 0.3) is 0 Å². The molecule has 2 amide bonds. The number of carboxylic acid groups (broad SMARTS) is 1. The van der Waals surface area contributed by atoms with Gasteiger partial charge in [-0.2, -0.15) is 0 Å². The molecule has 6 heteroatoms. The molecule has 1 saturated heterocycles. The van der Waals surface area contributed by atoms with Crippen LogP contribution in [-0.4, -0.2) is 65.7 Å². The SMILES string of the molecule is CC(NC(=O)N1CCN(C)C(C)C1)C(C)C(=O)O. The lowest BCUT2D eigenvalue weighted by molar-refractivity contribution is -0.141. The first-order chi connectivity index (χ1) is 8.32. The number of nitrogens with one attached hydrogen (secondary N) is 1. The molecule has 0 radical (unpaired) electrons. The third kappa shape index (κ3) is 3.60. The van der Waals surface area contributed by atoms with Gasteiger partial charge in [0, 0.05) is 31.7 Å². The van der Waals surface area contributed by atoms with Crippen LogP contribution in [0, 0.1) is 5.92 Å². The molecule has 0 aliphatic carbocycles. The molecule has 0 aromatic rings. The first kappa shape index (κ1) is 14.8. The zero-order chi connectivity index (χ0) is 13.9. The number of likely N-dealkylation sites (N-methyl/N-ethyl adjacent to an activating group) is 1. The van der Waals surface area contributed by atoms with Gasteiger partial charge in [-0.05, 0) is 27.8 Å². The van der Waals surface area contributed by atoms with E-state index in [1.54, 1.807) is 18.7 Å². The van der Waals surface area contributed by atoms with Gasteiger partial charge in [-0.15, -0.1) is 0 Å². The fourth-order valence-corrected chi connectivity index (χ4v) is 1.86. The molecule has 1 aliphatic heterocycles. The summed E-state index contributed by atoms with van der Waals surface area (Å²) in [6, 6.07) is -0.211. The lowest BCUT2D eigenvalue weighted by Gasteiger charge is -2.38. The maximum absolute atomic E-state index is 12.0. The molecule has 1 rings (SSSR count). The fourth-order valence-electron chi connectivity index (χ4n) is 1.86. The number of piperazine rings is 1. The Morgan fingerprint density at radius 3 is 2.44 bits per heavy atom. The van der Waals surface area contributed by atoms with E-state index in [0.29, 0.717) is 19.1 Å². The van der Waals surface area contributed by atoms with E-state index in [2.05, 4.69) is 17.1 Å². The number of amides is 2. The van der Waals surface area contributed by atoms with Crippen molar-refractivity contribution >= 4 is 12.0 Å². The first-order valence-corrected chi connectivity index (χ1v) is 6.31. The third-order valence-electron chi connectivity index (χ3n) is 3.74. The molecule has 2 N–H and O–H groups in total. The van der Waals surface area contributed by atoms with Gasteiger partial charge in [-0.3, -0.25) is 4.79 Å². The molecule has 0 saturated carbocycles. The second-order valence-electron chi connectivity index (χ2n) is 5.14. The van der Waals surface area contributed by atoms with E-state index in [-0.39, 0.29) is 12.1 Å². The average molecular weight is 257 g/mol. The topological polar surface area (TPSA) is 72.9 Å². The summed E-state index contributed by atoms with van der Waals surface area (Å²) in [5, 5.41) is 11.6. The summed E-state index contributed by atoms with van der Waals surface area (Å²) < 4.78 is 0. The average Bonchev–Trinajstić information content (AvgIpc) is 2.31. The fraction of sp³-hybridized carbons (Fsp3) is 0.833. The maximum atomic E-state index is 12.0. The van der Waals surface area contributed by atoms with Crippen molar-refractivity contribution in [1.29, 1.82) is 0 Å². The Balaban J connectivity index is 2.48. The van der Waals surface area contributed by atoms with Crippen molar-refractivity contribution in [2.45, 2.75) is 32.9 Å². The van der Waals surface area contributed by atoms with Crippen LogP contribution < -0.4 is 5.32 Å². The minimum absolute atomic E-state index is 0.171. The number of nitrogens with zero attached hydrogens (tertiary/aromatic N) is 2. The van der Waals surface area contributed by atoms with E-state index in [4.69, 9.17) is 5.11 Å². The lowest BCUT2D eigenvalue weighted by Crippen LogP contribution is -2.56. The van der Waals surface area contributed by atoms with Crippen LogP contribution in [0.2, 0.25) is 0 Å². The van der Waals surface area contributed by atoms with Crippen LogP contribution in [0.1, 0.15) is 20.8 Å². The molecule has 1 heterocycles. The Hall–Kier alpha value is -1.30. The minimum atomic E-state index is -0.894. The second kappa shape index (κ2) is 6.04. The molecule has 1 aliphatic rings. The van der Waals surface area contributed by atoms with Crippen LogP contribution >= 0.6 is 0 Å². The lowest BCUT2D eigenvalue weighted by atomic mass is 10.0. The van der Waals surface area contributed by atoms with E-state index in [1.165, 1.54) is 0 Å². The largest absolute Gasteiger partial charge is 0.481 e. The summed E-state index contributed by atoms with van der Waals surface area (Å²) in [6.07, 6.45) is 0. The molecule has 1 fully saturated rings. The highest BCUT2D eigenvalue weighted by Gasteiger charge is 2.27. The van der Waals surface area contributed by atoms with Crippen LogP contribution in [0.15, 0.2) is 0 Å². The van der Waals surface area contributed by atoms with Gasteiger partial charge in [-0.1, -0.05) is 0 Å². The number of aliphatic carboxylic acids is 1. The number of rotatable bonds is 3. The molecular formula is C12H23N3O3. The van der Waals surface area contributed by atoms with Crippen molar-refractivity contribution in [1.82, 2.24) is 15.1 Å². The molecule has 0 bridgehead atoms. The number of hydrogen-bond donors (Lipinski definition) is 2. The van der Waals surface area contributed by atoms with Crippen molar-refractivity contribution < 1.29 is 14.7 Å². The highest BCUT2D eigenvalue weighted by molar-refractivity contribution is 5.76. The van der Waals surface area contributed by atoms with Crippen molar-refractivity contribution in [3.63, 3.8) is 0 Å². The second-order valence-corrected chi connectivity index (χ2v) is 5.14. The van der Waals surface area contributed by atoms with Crippen molar-refractivity contribution in [3.05, 3.63) is 0 Å². The van der Waals surface area contributed by atoms with Crippen LogP contribution in [0.4, 0.5) is 4.79 Å². The molecule has 3 atom stereocenters. The maximum Gasteiger partial charge on any atom is 0.317 e. The number of carbonyl (C=O) groups is 2. The number of hydrogen-bond acceptors (Lipinski definition) is 3.